The van der Waals surface area contributed by atoms with Crippen LogP contribution < -0.4 is 11.1 Å². The Bertz CT molecular complexity index is 394. The second-order valence-electron chi connectivity index (χ2n) is 4.26. The van der Waals surface area contributed by atoms with Gasteiger partial charge < -0.3 is 20.9 Å². The number of aliphatic hydroxyl groups is 1. The molecule has 0 unspecified atom stereocenters. The van der Waals surface area contributed by atoms with Crippen LogP contribution in [0.2, 0.25) is 5.15 Å². The molecule has 0 amide bonds. The van der Waals surface area contributed by atoms with Crippen molar-refractivity contribution >= 4 is 23.1 Å². The Balaban J connectivity index is 1.99. The SMILES string of the molecule is Nc1ccc(Cl)nc1NCC1(O)CCOCC1. The predicted octanol–water partition coefficient (Wildman–Crippen LogP) is 1.27. The van der Waals surface area contributed by atoms with E-state index in [1.165, 1.54) is 0 Å². The van der Waals surface area contributed by atoms with Crippen molar-refractivity contribution in [1.29, 1.82) is 0 Å². The van der Waals surface area contributed by atoms with Gasteiger partial charge in [-0.1, -0.05) is 11.6 Å². The molecule has 5 nitrogen and oxygen atoms in total. The molecule has 1 aliphatic rings. The highest BCUT2D eigenvalue weighted by Gasteiger charge is 2.29. The number of nitrogens with zero attached hydrogens (tertiary/aromatic N) is 1. The van der Waals surface area contributed by atoms with Crippen LogP contribution in [0, 0.1) is 0 Å². The summed E-state index contributed by atoms with van der Waals surface area (Å²) in [6, 6.07) is 3.32. The maximum absolute atomic E-state index is 10.2. The Morgan fingerprint density at radius 2 is 2.18 bits per heavy atom. The lowest BCUT2D eigenvalue weighted by molar-refractivity contribution is -0.0543. The summed E-state index contributed by atoms with van der Waals surface area (Å²) in [6.45, 7) is 1.56. The van der Waals surface area contributed by atoms with Crippen LogP contribution in [0.1, 0.15) is 12.8 Å². The van der Waals surface area contributed by atoms with Crippen molar-refractivity contribution in [2.24, 2.45) is 0 Å². The van der Waals surface area contributed by atoms with E-state index in [0.717, 1.165) is 0 Å². The van der Waals surface area contributed by atoms with Crippen LogP contribution in [0.4, 0.5) is 11.5 Å². The van der Waals surface area contributed by atoms with Crippen LogP contribution >= 0.6 is 11.6 Å². The zero-order chi connectivity index (χ0) is 12.3. The van der Waals surface area contributed by atoms with Gasteiger partial charge in [-0.15, -0.1) is 0 Å². The standard InChI is InChI=1S/C11H16ClN3O2/c12-9-2-1-8(13)10(15-9)14-7-11(16)3-5-17-6-4-11/h1-2,16H,3-7,13H2,(H,14,15). The van der Waals surface area contributed by atoms with Crippen LogP contribution in [-0.2, 0) is 4.74 Å². The second kappa shape index (κ2) is 5.08. The van der Waals surface area contributed by atoms with Crippen molar-refractivity contribution < 1.29 is 9.84 Å². The molecule has 94 valence electrons. The van der Waals surface area contributed by atoms with E-state index in [4.69, 9.17) is 22.1 Å². The molecule has 1 aromatic heterocycles. The molecule has 0 aromatic carbocycles. The topological polar surface area (TPSA) is 80.4 Å². The molecule has 1 aliphatic heterocycles. The second-order valence-corrected chi connectivity index (χ2v) is 4.65. The summed E-state index contributed by atoms with van der Waals surface area (Å²) in [7, 11) is 0. The van der Waals surface area contributed by atoms with Crippen LogP contribution in [0.3, 0.4) is 0 Å². The average Bonchev–Trinajstić information content (AvgIpc) is 2.31. The Labute approximate surface area is 105 Å². The zero-order valence-electron chi connectivity index (χ0n) is 9.45. The van der Waals surface area contributed by atoms with Crippen molar-refractivity contribution in [3.05, 3.63) is 17.3 Å². The summed E-state index contributed by atoms with van der Waals surface area (Å²) in [5.74, 6) is 0.511. The van der Waals surface area contributed by atoms with Crippen molar-refractivity contribution in [2.75, 3.05) is 30.8 Å². The third-order valence-corrected chi connectivity index (χ3v) is 3.11. The third-order valence-electron chi connectivity index (χ3n) is 2.90. The first kappa shape index (κ1) is 12.4. The van der Waals surface area contributed by atoms with Gasteiger partial charge in [0.05, 0.1) is 11.3 Å². The van der Waals surface area contributed by atoms with Gasteiger partial charge in [0.25, 0.3) is 0 Å². The van der Waals surface area contributed by atoms with Gasteiger partial charge in [0.15, 0.2) is 5.82 Å². The highest BCUT2D eigenvalue weighted by molar-refractivity contribution is 6.29. The molecule has 1 aromatic rings. The summed E-state index contributed by atoms with van der Waals surface area (Å²) < 4.78 is 5.21. The van der Waals surface area contributed by atoms with E-state index >= 15 is 0 Å². The van der Waals surface area contributed by atoms with E-state index in [1.54, 1.807) is 12.1 Å². The maximum Gasteiger partial charge on any atom is 0.151 e. The molecule has 0 spiro atoms. The number of nitrogens with one attached hydrogen (secondary N) is 1. The molecule has 2 heterocycles. The Hall–Kier alpha value is -1.04. The number of ether oxygens (including phenoxy) is 1. The third kappa shape index (κ3) is 3.21. The predicted molar refractivity (Wildman–Crippen MR) is 67.2 cm³/mol. The lowest BCUT2D eigenvalue weighted by Crippen LogP contribution is -2.42. The van der Waals surface area contributed by atoms with Crippen LogP contribution in [0.5, 0.6) is 0 Å². The number of anilines is 2. The fourth-order valence-corrected chi connectivity index (χ4v) is 1.91. The van der Waals surface area contributed by atoms with Gasteiger partial charge in [0.1, 0.15) is 5.15 Å². The number of hydrogen-bond acceptors (Lipinski definition) is 5. The highest BCUT2D eigenvalue weighted by atomic mass is 35.5. The summed E-state index contributed by atoms with van der Waals surface area (Å²) in [6.07, 6.45) is 1.22. The fraction of sp³-hybridized carbons (Fsp3) is 0.545. The van der Waals surface area contributed by atoms with Crippen LogP contribution in [-0.4, -0.2) is 35.5 Å². The Kier molecular flexibility index (Phi) is 3.71. The van der Waals surface area contributed by atoms with Gasteiger partial charge in [-0.3, -0.25) is 0 Å². The zero-order valence-corrected chi connectivity index (χ0v) is 10.2. The van der Waals surface area contributed by atoms with Crippen molar-refractivity contribution in [1.82, 2.24) is 4.98 Å². The summed E-state index contributed by atoms with van der Waals surface area (Å²) in [5, 5.41) is 13.7. The normalized spacial score (nSPS) is 18.9. The number of nitrogen functional groups attached to an aromatic ring is 1. The molecule has 0 aliphatic carbocycles. The summed E-state index contributed by atoms with van der Waals surface area (Å²) >= 11 is 5.78. The van der Waals surface area contributed by atoms with Crippen LogP contribution in [0.25, 0.3) is 0 Å². The van der Waals surface area contributed by atoms with Crippen LogP contribution in [0.15, 0.2) is 12.1 Å². The largest absolute Gasteiger partial charge is 0.396 e. The molecule has 0 bridgehead atoms. The fourth-order valence-electron chi connectivity index (χ4n) is 1.76. The van der Waals surface area contributed by atoms with Gasteiger partial charge in [-0.25, -0.2) is 4.98 Å². The molecule has 1 saturated heterocycles. The number of hydrogen-bond donors (Lipinski definition) is 3. The van der Waals surface area contributed by atoms with Gasteiger partial charge >= 0.3 is 0 Å². The molecule has 2 rings (SSSR count). The molecule has 0 atom stereocenters. The molecule has 1 fully saturated rings. The Morgan fingerprint density at radius 1 is 1.47 bits per heavy atom. The van der Waals surface area contributed by atoms with Crippen molar-refractivity contribution in [2.45, 2.75) is 18.4 Å². The van der Waals surface area contributed by atoms with Gasteiger partial charge in [0.2, 0.25) is 0 Å². The molecule has 4 N–H and O–H groups in total. The van der Waals surface area contributed by atoms with E-state index in [2.05, 4.69) is 10.3 Å². The quantitative estimate of drug-likeness (QED) is 0.711. The first-order valence-corrected chi connectivity index (χ1v) is 5.93. The van der Waals surface area contributed by atoms with E-state index in [-0.39, 0.29) is 0 Å². The van der Waals surface area contributed by atoms with E-state index < -0.39 is 5.60 Å². The molecular formula is C11H16ClN3O2. The lowest BCUT2D eigenvalue weighted by atomic mass is 9.94. The Morgan fingerprint density at radius 3 is 2.88 bits per heavy atom. The summed E-state index contributed by atoms with van der Waals surface area (Å²) in [4.78, 5) is 4.08. The molecule has 0 saturated carbocycles. The number of nitrogens with two attached hydrogens (primary N) is 1. The number of rotatable bonds is 3. The van der Waals surface area contributed by atoms with Crippen molar-refractivity contribution in [3.8, 4) is 0 Å². The van der Waals surface area contributed by atoms with Gasteiger partial charge in [0, 0.05) is 32.6 Å². The number of halogens is 1. The van der Waals surface area contributed by atoms with Gasteiger partial charge in [-0.2, -0.15) is 0 Å². The van der Waals surface area contributed by atoms with E-state index in [0.29, 0.717) is 49.3 Å². The smallest absolute Gasteiger partial charge is 0.151 e. The lowest BCUT2D eigenvalue weighted by Gasteiger charge is -2.32. The molecule has 0 radical (unpaired) electrons. The maximum atomic E-state index is 10.2. The molecule has 17 heavy (non-hydrogen) atoms. The minimum absolute atomic E-state index is 0.376. The first-order chi connectivity index (χ1) is 8.09. The minimum atomic E-state index is -0.755. The average molecular weight is 258 g/mol. The van der Waals surface area contributed by atoms with E-state index in [9.17, 15) is 5.11 Å². The van der Waals surface area contributed by atoms with Gasteiger partial charge in [-0.05, 0) is 12.1 Å². The number of pyridine rings is 1. The minimum Gasteiger partial charge on any atom is -0.396 e. The molecular weight excluding hydrogens is 242 g/mol. The highest BCUT2D eigenvalue weighted by Crippen LogP contribution is 2.23. The van der Waals surface area contributed by atoms with E-state index in [1.807, 2.05) is 0 Å². The summed E-state index contributed by atoms with van der Waals surface area (Å²) in [5.41, 5.74) is 5.52. The number of aromatic nitrogens is 1. The first-order valence-electron chi connectivity index (χ1n) is 5.55. The monoisotopic (exact) mass is 257 g/mol. The molecule has 6 heteroatoms. The van der Waals surface area contributed by atoms with Crippen molar-refractivity contribution in [3.63, 3.8) is 0 Å².